The minimum absolute atomic E-state index is 0.145. The summed E-state index contributed by atoms with van der Waals surface area (Å²) >= 11 is 3.32. The average molecular weight is 301 g/mol. The van der Waals surface area contributed by atoms with E-state index in [0.717, 1.165) is 4.47 Å². The monoisotopic (exact) mass is 300 g/mol. The summed E-state index contributed by atoms with van der Waals surface area (Å²) in [6.45, 7) is 4.53. The molecule has 0 spiro atoms. The quantitative estimate of drug-likeness (QED) is 0.800. The first-order valence-electron chi connectivity index (χ1n) is 5.34. The van der Waals surface area contributed by atoms with Crippen molar-refractivity contribution >= 4 is 27.7 Å². The van der Waals surface area contributed by atoms with Crippen molar-refractivity contribution in [3.05, 3.63) is 16.7 Å². The Hall–Kier alpha value is -1.30. The maximum absolute atomic E-state index is 11.9. The second-order valence-electron chi connectivity index (χ2n) is 3.91. The highest BCUT2D eigenvalue weighted by atomic mass is 79.9. The number of fused-ring (bicyclic) bond motifs is 1. The zero-order chi connectivity index (χ0) is 12.4. The molecule has 2 rings (SSSR count). The lowest BCUT2D eigenvalue weighted by molar-refractivity contribution is 0.120. The van der Waals surface area contributed by atoms with E-state index in [2.05, 4.69) is 20.9 Å². The SMILES string of the molecule is CC(C)OC(=O)N1CCOc2ncc(Br)cc21. The van der Waals surface area contributed by atoms with E-state index < -0.39 is 0 Å². The topological polar surface area (TPSA) is 51.7 Å². The Balaban J connectivity index is 2.27. The standard InChI is InChI=1S/C11H13BrN2O3/c1-7(2)17-11(15)14-3-4-16-10-9(14)5-8(12)6-13-10/h5-7H,3-4H2,1-2H3. The molecule has 0 fully saturated rings. The number of halogens is 1. The summed E-state index contributed by atoms with van der Waals surface area (Å²) in [7, 11) is 0. The minimum atomic E-state index is -0.371. The number of carbonyl (C=O) groups is 1. The van der Waals surface area contributed by atoms with E-state index in [-0.39, 0.29) is 12.2 Å². The van der Waals surface area contributed by atoms with Crippen molar-refractivity contribution in [3.8, 4) is 5.88 Å². The van der Waals surface area contributed by atoms with Gasteiger partial charge in [0.1, 0.15) is 12.3 Å². The molecular weight excluding hydrogens is 288 g/mol. The maximum Gasteiger partial charge on any atom is 0.414 e. The van der Waals surface area contributed by atoms with Gasteiger partial charge in [-0.2, -0.15) is 0 Å². The van der Waals surface area contributed by atoms with E-state index in [9.17, 15) is 4.79 Å². The van der Waals surface area contributed by atoms with Gasteiger partial charge in [0.15, 0.2) is 0 Å². The lowest BCUT2D eigenvalue weighted by Gasteiger charge is -2.28. The Kier molecular flexibility index (Phi) is 3.51. The van der Waals surface area contributed by atoms with Crippen LogP contribution in [0.3, 0.4) is 0 Å². The first-order valence-corrected chi connectivity index (χ1v) is 6.13. The summed E-state index contributed by atoms with van der Waals surface area (Å²) in [5, 5.41) is 0. The van der Waals surface area contributed by atoms with Gasteiger partial charge in [0, 0.05) is 10.7 Å². The Bertz CT molecular complexity index is 437. The molecule has 5 nitrogen and oxygen atoms in total. The van der Waals surface area contributed by atoms with E-state index in [1.165, 1.54) is 4.90 Å². The maximum atomic E-state index is 11.9. The highest BCUT2D eigenvalue weighted by Crippen LogP contribution is 2.32. The Labute approximate surface area is 108 Å². The molecule has 0 saturated heterocycles. The Morgan fingerprint density at radius 2 is 2.41 bits per heavy atom. The predicted molar refractivity (Wildman–Crippen MR) is 66.4 cm³/mol. The summed E-state index contributed by atoms with van der Waals surface area (Å²) in [4.78, 5) is 17.5. The van der Waals surface area contributed by atoms with Crippen molar-refractivity contribution in [2.24, 2.45) is 0 Å². The van der Waals surface area contributed by atoms with Gasteiger partial charge in [-0.3, -0.25) is 4.90 Å². The molecule has 2 heterocycles. The summed E-state index contributed by atoms with van der Waals surface area (Å²) in [5.74, 6) is 0.458. The summed E-state index contributed by atoms with van der Waals surface area (Å²) in [5.41, 5.74) is 0.635. The van der Waals surface area contributed by atoms with Crippen LogP contribution in [0.2, 0.25) is 0 Å². The number of carbonyl (C=O) groups excluding carboxylic acids is 1. The molecule has 1 aromatic heterocycles. The van der Waals surface area contributed by atoms with E-state index >= 15 is 0 Å². The van der Waals surface area contributed by atoms with E-state index in [1.807, 2.05) is 13.8 Å². The number of amides is 1. The van der Waals surface area contributed by atoms with Gasteiger partial charge in [-0.05, 0) is 35.8 Å². The highest BCUT2D eigenvalue weighted by molar-refractivity contribution is 9.10. The molecule has 0 aromatic carbocycles. The fraction of sp³-hybridized carbons (Fsp3) is 0.455. The van der Waals surface area contributed by atoms with Crippen LogP contribution in [0.5, 0.6) is 5.88 Å². The third-order valence-corrected chi connectivity index (χ3v) is 2.63. The van der Waals surface area contributed by atoms with Gasteiger partial charge >= 0.3 is 6.09 Å². The first-order chi connectivity index (χ1) is 8.08. The van der Waals surface area contributed by atoms with Crippen molar-refractivity contribution in [2.45, 2.75) is 20.0 Å². The lowest BCUT2D eigenvalue weighted by Crippen LogP contribution is -2.39. The molecule has 0 radical (unpaired) electrons. The molecule has 1 aliphatic rings. The normalized spacial score (nSPS) is 14.2. The molecule has 0 unspecified atom stereocenters. The molecule has 17 heavy (non-hydrogen) atoms. The van der Waals surface area contributed by atoms with Crippen LogP contribution in [-0.2, 0) is 4.74 Å². The van der Waals surface area contributed by atoms with Crippen molar-refractivity contribution in [1.29, 1.82) is 0 Å². The number of hydrogen-bond acceptors (Lipinski definition) is 4. The second kappa shape index (κ2) is 4.91. The minimum Gasteiger partial charge on any atom is -0.474 e. The number of aromatic nitrogens is 1. The average Bonchev–Trinajstić information content (AvgIpc) is 2.27. The van der Waals surface area contributed by atoms with Gasteiger partial charge in [0.25, 0.3) is 0 Å². The second-order valence-corrected chi connectivity index (χ2v) is 4.83. The number of hydrogen-bond donors (Lipinski definition) is 0. The number of anilines is 1. The Morgan fingerprint density at radius 3 is 3.12 bits per heavy atom. The van der Waals surface area contributed by atoms with Crippen LogP contribution >= 0.6 is 15.9 Å². The van der Waals surface area contributed by atoms with Gasteiger partial charge in [-0.25, -0.2) is 9.78 Å². The first kappa shape index (κ1) is 12.2. The van der Waals surface area contributed by atoms with E-state index in [4.69, 9.17) is 9.47 Å². The number of rotatable bonds is 1. The molecule has 1 amide bonds. The zero-order valence-electron chi connectivity index (χ0n) is 9.64. The van der Waals surface area contributed by atoms with Crippen LogP contribution in [0.4, 0.5) is 10.5 Å². The molecule has 0 bridgehead atoms. The van der Waals surface area contributed by atoms with Crippen LogP contribution in [-0.4, -0.2) is 30.3 Å². The number of pyridine rings is 1. The van der Waals surface area contributed by atoms with Crippen LogP contribution in [0.15, 0.2) is 16.7 Å². The van der Waals surface area contributed by atoms with Crippen LogP contribution in [0, 0.1) is 0 Å². The number of nitrogens with zero attached hydrogens (tertiary/aromatic N) is 2. The van der Waals surface area contributed by atoms with Crippen LogP contribution in [0.25, 0.3) is 0 Å². The fourth-order valence-electron chi connectivity index (χ4n) is 1.53. The fourth-order valence-corrected chi connectivity index (χ4v) is 1.85. The molecule has 92 valence electrons. The molecule has 0 aliphatic carbocycles. The number of ether oxygens (including phenoxy) is 2. The van der Waals surface area contributed by atoms with Crippen molar-refractivity contribution in [1.82, 2.24) is 4.98 Å². The van der Waals surface area contributed by atoms with E-state index in [1.54, 1.807) is 12.3 Å². The predicted octanol–water partition coefficient (Wildman–Crippen LogP) is 2.59. The summed E-state index contributed by atoms with van der Waals surface area (Å²) in [6.07, 6.45) is 1.12. The largest absolute Gasteiger partial charge is 0.474 e. The Morgan fingerprint density at radius 1 is 1.65 bits per heavy atom. The summed E-state index contributed by atoms with van der Waals surface area (Å²) < 4.78 is 11.4. The molecule has 1 aromatic rings. The third-order valence-electron chi connectivity index (χ3n) is 2.20. The van der Waals surface area contributed by atoms with Crippen molar-refractivity contribution in [2.75, 3.05) is 18.1 Å². The molecular formula is C11H13BrN2O3. The van der Waals surface area contributed by atoms with Gasteiger partial charge in [0.05, 0.1) is 12.6 Å². The molecule has 0 N–H and O–H groups in total. The van der Waals surface area contributed by atoms with Crippen molar-refractivity contribution in [3.63, 3.8) is 0 Å². The van der Waals surface area contributed by atoms with Crippen molar-refractivity contribution < 1.29 is 14.3 Å². The summed E-state index contributed by atoms with van der Waals surface area (Å²) in [6, 6.07) is 1.79. The molecule has 6 heteroatoms. The lowest BCUT2D eigenvalue weighted by atomic mass is 10.3. The zero-order valence-corrected chi connectivity index (χ0v) is 11.2. The molecule has 0 saturated carbocycles. The van der Waals surface area contributed by atoms with Crippen LogP contribution in [0.1, 0.15) is 13.8 Å². The van der Waals surface area contributed by atoms with E-state index in [0.29, 0.717) is 24.7 Å². The molecule has 0 atom stereocenters. The van der Waals surface area contributed by atoms with Crippen LogP contribution < -0.4 is 9.64 Å². The third kappa shape index (κ3) is 2.69. The highest BCUT2D eigenvalue weighted by Gasteiger charge is 2.26. The van der Waals surface area contributed by atoms with Gasteiger partial charge in [-0.1, -0.05) is 0 Å². The molecule has 1 aliphatic heterocycles. The van der Waals surface area contributed by atoms with Gasteiger partial charge in [0.2, 0.25) is 5.88 Å². The smallest absolute Gasteiger partial charge is 0.414 e. The van der Waals surface area contributed by atoms with Gasteiger partial charge in [-0.15, -0.1) is 0 Å². The van der Waals surface area contributed by atoms with Gasteiger partial charge < -0.3 is 9.47 Å².